The van der Waals surface area contributed by atoms with E-state index in [-0.39, 0.29) is 5.91 Å². The predicted octanol–water partition coefficient (Wildman–Crippen LogP) is 2.29. The Labute approximate surface area is 99.0 Å². The summed E-state index contributed by atoms with van der Waals surface area (Å²) in [5.41, 5.74) is 0. The first kappa shape index (κ1) is 11.5. The normalized spacial score (nSPS) is 20.6. The Morgan fingerprint density at radius 3 is 3.31 bits per heavy atom. The molecular weight excluding hydrogens is 224 g/mol. The lowest BCUT2D eigenvalue weighted by Gasteiger charge is -2.21. The number of aromatic nitrogens is 1. The molecule has 1 N–H and O–H groups in total. The minimum absolute atomic E-state index is 0.0560. The van der Waals surface area contributed by atoms with Gasteiger partial charge in [-0.1, -0.05) is 0 Å². The molecule has 0 bridgehead atoms. The molecule has 1 aliphatic heterocycles. The number of ether oxygens (including phenoxy) is 1. The molecule has 0 aromatic carbocycles. The summed E-state index contributed by atoms with van der Waals surface area (Å²) < 4.78 is 5.38. The van der Waals surface area contributed by atoms with Gasteiger partial charge < -0.3 is 10.1 Å². The highest BCUT2D eigenvalue weighted by atomic mass is 32.1. The molecule has 1 atom stereocenters. The smallest absolute Gasteiger partial charge is 0.226 e. The number of amides is 1. The summed E-state index contributed by atoms with van der Waals surface area (Å²) in [5.74, 6) is 0.608. The van der Waals surface area contributed by atoms with Gasteiger partial charge in [-0.05, 0) is 25.2 Å². The van der Waals surface area contributed by atoms with E-state index in [1.807, 2.05) is 5.38 Å². The van der Waals surface area contributed by atoms with Gasteiger partial charge in [-0.3, -0.25) is 4.79 Å². The predicted molar refractivity (Wildman–Crippen MR) is 63.5 cm³/mol. The average molecular weight is 240 g/mol. The number of hydrogen-bond donors (Lipinski definition) is 1. The largest absolute Gasteiger partial charge is 0.381 e. The first-order chi connectivity index (χ1) is 7.84. The first-order valence-electron chi connectivity index (χ1n) is 5.61. The van der Waals surface area contributed by atoms with Crippen LogP contribution in [0.25, 0.3) is 0 Å². The van der Waals surface area contributed by atoms with Gasteiger partial charge in [-0.15, -0.1) is 11.3 Å². The maximum atomic E-state index is 11.6. The third-order valence-corrected chi connectivity index (χ3v) is 3.40. The van der Waals surface area contributed by atoms with Crippen LogP contribution in [0.4, 0.5) is 5.13 Å². The van der Waals surface area contributed by atoms with Crippen LogP contribution in [0.1, 0.15) is 25.7 Å². The number of rotatable bonds is 4. The van der Waals surface area contributed by atoms with E-state index in [9.17, 15) is 4.79 Å². The summed E-state index contributed by atoms with van der Waals surface area (Å²) in [6.45, 7) is 1.69. The maximum Gasteiger partial charge on any atom is 0.226 e. The zero-order chi connectivity index (χ0) is 11.2. The fraction of sp³-hybridized carbons (Fsp3) is 0.636. The third kappa shape index (κ3) is 3.57. The summed E-state index contributed by atoms with van der Waals surface area (Å²) in [5, 5.41) is 5.33. The van der Waals surface area contributed by atoms with Crippen molar-refractivity contribution in [2.75, 3.05) is 18.5 Å². The van der Waals surface area contributed by atoms with Crippen molar-refractivity contribution in [3.05, 3.63) is 11.6 Å². The quantitative estimate of drug-likeness (QED) is 0.878. The molecule has 16 heavy (non-hydrogen) atoms. The van der Waals surface area contributed by atoms with E-state index in [1.54, 1.807) is 6.20 Å². The van der Waals surface area contributed by atoms with Gasteiger partial charge in [0.1, 0.15) is 0 Å². The van der Waals surface area contributed by atoms with Gasteiger partial charge in [-0.2, -0.15) is 0 Å². The molecule has 1 amide bonds. The average Bonchev–Trinajstić information content (AvgIpc) is 2.81. The van der Waals surface area contributed by atoms with Crippen molar-refractivity contribution in [1.82, 2.24) is 4.98 Å². The second kappa shape index (κ2) is 5.96. The van der Waals surface area contributed by atoms with Crippen LogP contribution >= 0.6 is 11.3 Å². The summed E-state index contributed by atoms with van der Waals surface area (Å²) >= 11 is 1.44. The van der Waals surface area contributed by atoms with E-state index in [1.165, 1.54) is 17.8 Å². The molecule has 4 nitrogen and oxygen atoms in total. The van der Waals surface area contributed by atoms with Crippen LogP contribution in [-0.4, -0.2) is 24.1 Å². The summed E-state index contributed by atoms with van der Waals surface area (Å²) in [7, 11) is 0. The van der Waals surface area contributed by atoms with Crippen LogP contribution in [0.15, 0.2) is 11.6 Å². The Hall–Kier alpha value is -0.940. The lowest BCUT2D eigenvalue weighted by Crippen LogP contribution is -2.20. The molecule has 0 radical (unpaired) electrons. The van der Waals surface area contributed by atoms with Gasteiger partial charge in [0.15, 0.2) is 5.13 Å². The molecule has 0 aliphatic carbocycles. The van der Waals surface area contributed by atoms with Crippen LogP contribution in [0, 0.1) is 5.92 Å². The Kier molecular flexibility index (Phi) is 4.30. The van der Waals surface area contributed by atoms with E-state index in [4.69, 9.17) is 4.74 Å². The second-order valence-corrected chi connectivity index (χ2v) is 4.90. The van der Waals surface area contributed by atoms with Crippen LogP contribution in [0.3, 0.4) is 0 Å². The second-order valence-electron chi connectivity index (χ2n) is 4.01. The maximum absolute atomic E-state index is 11.6. The standard InChI is InChI=1S/C11H16N2O2S/c14-10(13-11-12-5-7-16-11)4-3-9-2-1-6-15-8-9/h5,7,9H,1-4,6,8H2,(H,12,13,14). The SMILES string of the molecule is O=C(CCC1CCCOC1)Nc1nccs1. The Morgan fingerprint density at radius 2 is 2.62 bits per heavy atom. The van der Waals surface area contributed by atoms with Gasteiger partial charge >= 0.3 is 0 Å². The van der Waals surface area contributed by atoms with Gasteiger partial charge in [0.05, 0.1) is 0 Å². The third-order valence-electron chi connectivity index (χ3n) is 2.71. The monoisotopic (exact) mass is 240 g/mol. The number of thiazole rings is 1. The molecule has 2 rings (SSSR count). The molecule has 5 heteroatoms. The van der Waals surface area contributed by atoms with E-state index in [2.05, 4.69) is 10.3 Å². The zero-order valence-corrected chi connectivity index (χ0v) is 9.96. The van der Waals surface area contributed by atoms with Crippen molar-refractivity contribution in [2.45, 2.75) is 25.7 Å². The van der Waals surface area contributed by atoms with Gasteiger partial charge in [0, 0.05) is 31.2 Å². The molecule has 1 unspecified atom stereocenters. The minimum atomic E-state index is 0.0560. The zero-order valence-electron chi connectivity index (χ0n) is 9.15. The summed E-state index contributed by atoms with van der Waals surface area (Å²) in [4.78, 5) is 15.6. The van der Waals surface area contributed by atoms with Crippen molar-refractivity contribution in [3.8, 4) is 0 Å². The molecule has 0 saturated carbocycles. The highest BCUT2D eigenvalue weighted by Gasteiger charge is 2.15. The van der Waals surface area contributed by atoms with Gasteiger partial charge in [-0.25, -0.2) is 4.98 Å². The van der Waals surface area contributed by atoms with Gasteiger partial charge in [0.2, 0.25) is 5.91 Å². The number of nitrogens with zero attached hydrogens (tertiary/aromatic N) is 1. The Morgan fingerprint density at radius 1 is 1.69 bits per heavy atom. The van der Waals surface area contributed by atoms with Crippen molar-refractivity contribution >= 4 is 22.4 Å². The molecule has 1 aromatic rings. The van der Waals surface area contributed by atoms with Crippen molar-refractivity contribution < 1.29 is 9.53 Å². The molecule has 0 spiro atoms. The minimum Gasteiger partial charge on any atom is -0.381 e. The van der Waals surface area contributed by atoms with Crippen LogP contribution in [-0.2, 0) is 9.53 Å². The number of anilines is 1. The number of carbonyl (C=O) groups is 1. The Balaban J connectivity index is 1.67. The first-order valence-corrected chi connectivity index (χ1v) is 6.49. The van der Waals surface area contributed by atoms with E-state index >= 15 is 0 Å². The number of hydrogen-bond acceptors (Lipinski definition) is 4. The molecule has 1 aliphatic rings. The van der Waals surface area contributed by atoms with Gasteiger partial charge in [0.25, 0.3) is 0 Å². The highest BCUT2D eigenvalue weighted by molar-refractivity contribution is 7.13. The number of carbonyl (C=O) groups excluding carboxylic acids is 1. The fourth-order valence-electron chi connectivity index (χ4n) is 1.84. The van der Waals surface area contributed by atoms with E-state index in [0.29, 0.717) is 17.5 Å². The van der Waals surface area contributed by atoms with Crippen molar-refractivity contribution in [3.63, 3.8) is 0 Å². The van der Waals surface area contributed by atoms with Crippen LogP contribution in [0.2, 0.25) is 0 Å². The Bertz CT molecular complexity index is 321. The molecule has 1 saturated heterocycles. The van der Waals surface area contributed by atoms with Crippen molar-refractivity contribution in [1.29, 1.82) is 0 Å². The lowest BCUT2D eigenvalue weighted by atomic mass is 9.97. The van der Waals surface area contributed by atoms with Crippen LogP contribution < -0.4 is 5.32 Å². The molecule has 1 aromatic heterocycles. The molecular formula is C11H16N2O2S. The lowest BCUT2D eigenvalue weighted by molar-refractivity contribution is -0.116. The molecule has 1 fully saturated rings. The topological polar surface area (TPSA) is 51.2 Å². The van der Waals surface area contributed by atoms with Crippen molar-refractivity contribution in [2.24, 2.45) is 5.92 Å². The van der Waals surface area contributed by atoms with E-state index in [0.717, 1.165) is 26.1 Å². The van der Waals surface area contributed by atoms with E-state index < -0.39 is 0 Å². The summed E-state index contributed by atoms with van der Waals surface area (Å²) in [6.07, 6.45) is 5.48. The number of nitrogens with one attached hydrogen (secondary N) is 1. The fourth-order valence-corrected chi connectivity index (χ4v) is 2.38. The highest BCUT2D eigenvalue weighted by Crippen LogP contribution is 2.19. The molecule has 2 heterocycles. The molecule has 88 valence electrons. The summed E-state index contributed by atoms with van der Waals surface area (Å²) in [6, 6.07) is 0. The van der Waals surface area contributed by atoms with Crippen LogP contribution in [0.5, 0.6) is 0 Å².